The zero-order valence-corrected chi connectivity index (χ0v) is 43.3. The Bertz CT molecular complexity index is 1990. The standard InChI is InChI=1S/C56H77N3O10Si/c1-12-36-63-46-27-18-24-43(49(46)66-39-15-4)52(60)57-33-21-30-56(42-69-70(10,11)55(7,8)9,31-22-34-58-53(61)44-25-19-28-47(64-37-13-2)50(44)67-40-16-5)32-23-35-59-54(62)45-26-20-29-48(65-38-14-3)51(45)68-41-17-6/h12-20,24-29H,1-6,21-23,30-42H2,7-11H3,(H,57,60)(H,58,61)(H,59,62). The summed E-state index contributed by atoms with van der Waals surface area (Å²) in [4.78, 5) is 41.4. The van der Waals surface area contributed by atoms with Gasteiger partial charge in [0.25, 0.3) is 17.7 Å². The SMILES string of the molecule is C=CCOc1cccc(C(=O)NCCCC(CCCNC(=O)c2cccc(OCC=C)c2OCC=C)(CCCNC(=O)c2cccc(OCC=C)c2OCC=C)CO[Si](C)(C)C(C)(C)C)c1OCC=C. The monoisotopic (exact) mass is 980 g/mol. The maximum absolute atomic E-state index is 13.8. The van der Waals surface area contributed by atoms with Crippen molar-refractivity contribution in [3.8, 4) is 34.5 Å². The van der Waals surface area contributed by atoms with Gasteiger partial charge >= 0.3 is 0 Å². The first-order valence-electron chi connectivity index (χ1n) is 23.9. The first-order valence-corrected chi connectivity index (χ1v) is 26.8. The number of para-hydroxylation sites is 3. The van der Waals surface area contributed by atoms with Crippen LogP contribution in [0.1, 0.15) is 90.4 Å². The Labute approximate surface area is 418 Å². The molecule has 0 radical (unpaired) electrons. The molecule has 14 heteroatoms. The maximum Gasteiger partial charge on any atom is 0.255 e. The number of ether oxygens (including phenoxy) is 6. The van der Waals surface area contributed by atoms with Gasteiger partial charge in [-0.3, -0.25) is 14.4 Å². The van der Waals surface area contributed by atoms with Gasteiger partial charge in [0.15, 0.2) is 42.8 Å². The van der Waals surface area contributed by atoms with E-state index in [0.717, 1.165) is 0 Å². The first kappa shape index (κ1) is 57.8. The van der Waals surface area contributed by atoms with E-state index in [-0.39, 0.29) is 62.4 Å². The van der Waals surface area contributed by atoms with Crippen molar-refractivity contribution in [2.24, 2.45) is 5.41 Å². The second kappa shape index (κ2) is 30.2. The molecular weight excluding hydrogens is 903 g/mol. The quantitative estimate of drug-likeness (QED) is 0.0292. The number of amides is 3. The van der Waals surface area contributed by atoms with Gasteiger partial charge in [-0.25, -0.2) is 0 Å². The predicted molar refractivity (Wildman–Crippen MR) is 284 cm³/mol. The predicted octanol–water partition coefficient (Wildman–Crippen LogP) is 11.0. The summed E-state index contributed by atoms with van der Waals surface area (Å²) in [5.41, 5.74) is 0.608. The molecule has 3 amide bonds. The van der Waals surface area contributed by atoms with Gasteiger partial charge < -0.3 is 48.8 Å². The summed E-state index contributed by atoms with van der Waals surface area (Å²) >= 11 is 0. The molecule has 3 aromatic carbocycles. The molecule has 3 rings (SSSR count). The van der Waals surface area contributed by atoms with E-state index < -0.39 is 13.7 Å². The number of nitrogens with one attached hydrogen (secondary N) is 3. The molecule has 0 atom stereocenters. The van der Waals surface area contributed by atoms with Crippen LogP contribution in [0.25, 0.3) is 0 Å². The second-order valence-corrected chi connectivity index (χ2v) is 22.9. The van der Waals surface area contributed by atoms with Crippen molar-refractivity contribution in [3.63, 3.8) is 0 Å². The van der Waals surface area contributed by atoms with Crippen LogP contribution in [0.4, 0.5) is 0 Å². The van der Waals surface area contributed by atoms with Crippen LogP contribution in [0.3, 0.4) is 0 Å². The highest BCUT2D eigenvalue weighted by atomic mass is 28.4. The Kier molecular flexibility index (Phi) is 24.9. The van der Waals surface area contributed by atoms with E-state index >= 15 is 0 Å². The fraction of sp³-hybridized carbons (Fsp3) is 0.411. The fourth-order valence-corrected chi connectivity index (χ4v) is 8.27. The lowest BCUT2D eigenvalue weighted by molar-refractivity contribution is 0.0869. The number of hydrogen-bond acceptors (Lipinski definition) is 10. The number of carbonyl (C=O) groups excluding carboxylic acids is 3. The number of carbonyl (C=O) groups is 3. The molecule has 0 aromatic heterocycles. The molecule has 0 bridgehead atoms. The molecule has 0 aliphatic heterocycles. The van der Waals surface area contributed by atoms with Gasteiger partial charge in [0.05, 0.1) is 16.7 Å². The van der Waals surface area contributed by atoms with E-state index in [1.54, 1.807) is 91.1 Å². The Morgan fingerprint density at radius 1 is 0.486 bits per heavy atom. The largest absolute Gasteiger partial charge is 0.486 e. The van der Waals surface area contributed by atoms with E-state index in [9.17, 15) is 14.4 Å². The van der Waals surface area contributed by atoms with Crippen LogP contribution in [0.2, 0.25) is 18.1 Å². The van der Waals surface area contributed by atoms with Crippen LogP contribution >= 0.6 is 0 Å². The average molecular weight is 980 g/mol. The molecule has 0 unspecified atom stereocenters. The van der Waals surface area contributed by atoms with Crippen molar-refractivity contribution in [1.29, 1.82) is 0 Å². The lowest BCUT2D eigenvalue weighted by Gasteiger charge is -2.42. The van der Waals surface area contributed by atoms with Crippen molar-refractivity contribution in [2.75, 3.05) is 65.9 Å². The van der Waals surface area contributed by atoms with Gasteiger partial charge in [-0.15, -0.1) is 0 Å². The summed E-state index contributed by atoms with van der Waals surface area (Å²) in [5.74, 6) is 1.36. The highest BCUT2D eigenvalue weighted by Crippen LogP contribution is 2.42. The number of rotatable bonds is 36. The summed E-state index contributed by atoms with van der Waals surface area (Å²) in [6.07, 6.45) is 13.6. The third kappa shape index (κ3) is 18.1. The summed E-state index contributed by atoms with van der Waals surface area (Å²) in [7, 11) is -2.27. The molecule has 0 saturated heterocycles. The minimum absolute atomic E-state index is 0.0609. The number of hydrogen-bond donors (Lipinski definition) is 3. The lowest BCUT2D eigenvalue weighted by Crippen LogP contribution is -2.44. The van der Waals surface area contributed by atoms with E-state index in [2.05, 4.69) is 89.3 Å². The first-order chi connectivity index (χ1) is 33.6. The van der Waals surface area contributed by atoms with Gasteiger partial charge in [0, 0.05) is 26.2 Å². The van der Waals surface area contributed by atoms with Crippen molar-refractivity contribution in [1.82, 2.24) is 16.0 Å². The van der Waals surface area contributed by atoms with Crippen LogP contribution in [-0.4, -0.2) is 91.9 Å². The Morgan fingerprint density at radius 2 is 0.771 bits per heavy atom. The van der Waals surface area contributed by atoms with Crippen LogP contribution in [0.5, 0.6) is 34.5 Å². The molecule has 70 heavy (non-hydrogen) atoms. The Morgan fingerprint density at radius 3 is 1.04 bits per heavy atom. The maximum atomic E-state index is 13.8. The minimum Gasteiger partial charge on any atom is -0.486 e. The molecule has 380 valence electrons. The zero-order valence-electron chi connectivity index (χ0n) is 42.3. The molecule has 3 N–H and O–H groups in total. The van der Waals surface area contributed by atoms with Gasteiger partial charge in [-0.05, 0) is 98.5 Å². The van der Waals surface area contributed by atoms with Gasteiger partial charge in [0.2, 0.25) is 0 Å². The average Bonchev–Trinajstić information content (AvgIpc) is 3.35. The normalized spacial score (nSPS) is 11.3. The number of benzene rings is 3. The van der Waals surface area contributed by atoms with Gasteiger partial charge in [-0.1, -0.05) is 115 Å². The summed E-state index contributed by atoms with van der Waals surface area (Å²) in [5, 5.41) is 9.27. The van der Waals surface area contributed by atoms with Crippen molar-refractivity contribution in [3.05, 3.63) is 147 Å². The van der Waals surface area contributed by atoms with Crippen molar-refractivity contribution in [2.45, 2.75) is 77.4 Å². The Balaban J connectivity index is 1.93. The van der Waals surface area contributed by atoms with Gasteiger partial charge in [-0.2, -0.15) is 0 Å². The Hall–Kier alpha value is -6.51. The summed E-state index contributed by atoms with van der Waals surface area (Å²) < 4.78 is 42.3. The third-order valence-corrected chi connectivity index (χ3v) is 16.3. The highest BCUT2D eigenvalue weighted by Gasteiger charge is 2.40. The molecule has 0 fully saturated rings. The molecule has 0 aliphatic rings. The molecule has 0 aliphatic carbocycles. The van der Waals surface area contributed by atoms with Crippen LogP contribution < -0.4 is 44.4 Å². The summed E-state index contributed by atoms with van der Waals surface area (Å²) in [6.45, 7) is 36.4. The van der Waals surface area contributed by atoms with Gasteiger partial charge in [0.1, 0.15) is 39.6 Å². The summed E-state index contributed by atoms with van der Waals surface area (Å²) in [6, 6.07) is 15.6. The van der Waals surface area contributed by atoms with Crippen LogP contribution in [0, 0.1) is 5.41 Å². The van der Waals surface area contributed by atoms with E-state index in [4.69, 9.17) is 32.8 Å². The molecule has 0 spiro atoms. The van der Waals surface area contributed by atoms with E-state index in [0.29, 0.717) is 116 Å². The molecule has 13 nitrogen and oxygen atoms in total. The fourth-order valence-electron chi connectivity index (χ4n) is 7.17. The van der Waals surface area contributed by atoms with Crippen molar-refractivity contribution < 1.29 is 47.2 Å². The molecular formula is C56H77N3O10Si. The van der Waals surface area contributed by atoms with Crippen molar-refractivity contribution >= 4 is 26.0 Å². The topological polar surface area (TPSA) is 152 Å². The molecule has 0 heterocycles. The second-order valence-electron chi connectivity index (χ2n) is 18.1. The van der Waals surface area contributed by atoms with Crippen LogP contribution in [0.15, 0.2) is 131 Å². The minimum atomic E-state index is -2.27. The zero-order chi connectivity index (χ0) is 51.4. The molecule has 0 saturated carbocycles. The van der Waals surface area contributed by atoms with E-state index in [1.165, 1.54) is 0 Å². The lowest BCUT2D eigenvalue weighted by atomic mass is 9.76. The molecule has 3 aromatic rings. The van der Waals surface area contributed by atoms with Crippen LogP contribution in [-0.2, 0) is 4.43 Å². The van der Waals surface area contributed by atoms with E-state index in [1.807, 2.05) is 0 Å². The highest BCUT2D eigenvalue weighted by molar-refractivity contribution is 6.74. The smallest absolute Gasteiger partial charge is 0.255 e. The third-order valence-electron chi connectivity index (χ3n) is 11.8.